The van der Waals surface area contributed by atoms with E-state index in [2.05, 4.69) is 20.2 Å². The number of hydrogen-bond acceptors (Lipinski definition) is 3. The fraction of sp³-hybridized carbons (Fsp3) is 0.125. The summed E-state index contributed by atoms with van der Waals surface area (Å²) >= 11 is 1.63. The van der Waals surface area contributed by atoms with Gasteiger partial charge in [0.2, 0.25) is 0 Å². The monoisotopic (exact) mass is 205 g/mol. The van der Waals surface area contributed by atoms with Crippen molar-refractivity contribution in [2.24, 2.45) is 5.11 Å². The molecule has 0 aliphatic rings. The van der Waals surface area contributed by atoms with Crippen molar-refractivity contribution < 1.29 is 0 Å². The minimum Gasteiger partial charge on any atom is -0.282 e. The van der Waals surface area contributed by atoms with Gasteiger partial charge in [-0.05, 0) is 23.0 Å². The molecule has 2 rings (SSSR count). The van der Waals surface area contributed by atoms with Crippen LogP contribution >= 0.6 is 11.3 Å². The fourth-order valence-electron chi connectivity index (χ4n) is 1.11. The van der Waals surface area contributed by atoms with Gasteiger partial charge in [0.05, 0.1) is 12.2 Å². The molecule has 0 aromatic carbocycles. The summed E-state index contributed by atoms with van der Waals surface area (Å²) < 4.78 is 0. The summed E-state index contributed by atoms with van der Waals surface area (Å²) in [6, 6.07) is 3.88. The van der Waals surface area contributed by atoms with Crippen molar-refractivity contribution in [2.45, 2.75) is 6.54 Å². The second-order valence-electron chi connectivity index (χ2n) is 2.68. The molecule has 2 aromatic heterocycles. The molecule has 0 saturated heterocycles. The van der Waals surface area contributed by atoms with Gasteiger partial charge in [-0.2, -0.15) is 16.4 Å². The molecule has 2 heterocycles. The second-order valence-corrected chi connectivity index (χ2v) is 3.46. The van der Waals surface area contributed by atoms with Gasteiger partial charge in [0.25, 0.3) is 0 Å². The summed E-state index contributed by atoms with van der Waals surface area (Å²) in [6.45, 7) is 0.313. The van der Waals surface area contributed by atoms with Gasteiger partial charge in [-0.25, -0.2) is 0 Å². The predicted molar refractivity (Wildman–Crippen MR) is 54.8 cm³/mol. The van der Waals surface area contributed by atoms with Crippen molar-refractivity contribution in [2.75, 3.05) is 0 Å². The van der Waals surface area contributed by atoms with Crippen LogP contribution in [-0.2, 0) is 6.54 Å². The van der Waals surface area contributed by atoms with E-state index in [0.717, 1.165) is 17.0 Å². The number of rotatable bonds is 3. The average Bonchev–Trinajstić information content (AvgIpc) is 2.85. The number of H-pyrrole nitrogens is 1. The molecule has 0 amide bonds. The summed E-state index contributed by atoms with van der Waals surface area (Å²) in [5, 5.41) is 14.4. The quantitative estimate of drug-likeness (QED) is 0.466. The van der Waals surface area contributed by atoms with Gasteiger partial charge in [-0.3, -0.25) is 5.10 Å². The third-order valence-corrected chi connectivity index (χ3v) is 2.44. The lowest BCUT2D eigenvalue weighted by atomic mass is 10.2. The molecule has 0 fully saturated rings. The molecule has 5 nitrogen and oxygen atoms in total. The summed E-state index contributed by atoms with van der Waals surface area (Å²) in [5.41, 5.74) is 10.9. The van der Waals surface area contributed by atoms with Crippen LogP contribution in [0.5, 0.6) is 0 Å². The number of aromatic amines is 1. The van der Waals surface area contributed by atoms with Gasteiger partial charge in [-0.15, -0.1) is 0 Å². The van der Waals surface area contributed by atoms with Crippen LogP contribution in [0.1, 0.15) is 5.69 Å². The number of aromatic nitrogens is 2. The van der Waals surface area contributed by atoms with E-state index in [1.54, 1.807) is 11.3 Å². The molecule has 0 atom stereocenters. The summed E-state index contributed by atoms with van der Waals surface area (Å²) in [6.07, 6.45) is 0. The smallest absolute Gasteiger partial charge is 0.0931 e. The molecule has 0 radical (unpaired) electrons. The Hall–Kier alpha value is -1.78. The lowest BCUT2D eigenvalue weighted by Crippen LogP contribution is -1.77. The van der Waals surface area contributed by atoms with E-state index >= 15 is 0 Å². The van der Waals surface area contributed by atoms with Crippen molar-refractivity contribution in [1.82, 2.24) is 10.2 Å². The van der Waals surface area contributed by atoms with Crippen LogP contribution in [0.3, 0.4) is 0 Å². The van der Waals surface area contributed by atoms with Gasteiger partial charge in [-0.1, -0.05) is 5.11 Å². The zero-order valence-corrected chi connectivity index (χ0v) is 8.03. The zero-order valence-electron chi connectivity index (χ0n) is 7.21. The molecule has 0 aliphatic heterocycles. The van der Waals surface area contributed by atoms with Gasteiger partial charge >= 0.3 is 0 Å². The first-order valence-electron chi connectivity index (χ1n) is 3.98. The molecule has 70 valence electrons. The summed E-state index contributed by atoms with van der Waals surface area (Å²) in [7, 11) is 0. The first kappa shape index (κ1) is 8.80. The lowest BCUT2D eigenvalue weighted by molar-refractivity contribution is 0.939. The molecular formula is C8H7N5S. The van der Waals surface area contributed by atoms with Gasteiger partial charge in [0.15, 0.2) is 0 Å². The average molecular weight is 205 g/mol. The highest BCUT2D eigenvalue weighted by Gasteiger charge is 2.02. The Bertz CT molecular complexity index is 452. The zero-order chi connectivity index (χ0) is 9.80. The van der Waals surface area contributed by atoms with E-state index in [4.69, 9.17) is 5.53 Å². The van der Waals surface area contributed by atoms with E-state index < -0.39 is 0 Å². The maximum atomic E-state index is 8.14. The Morgan fingerprint density at radius 1 is 1.64 bits per heavy atom. The number of nitrogens with zero attached hydrogens (tertiary/aromatic N) is 4. The molecule has 0 saturated carbocycles. The van der Waals surface area contributed by atoms with E-state index in [-0.39, 0.29) is 0 Å². The van der Waals surface area contributed by atoms with Crippen molar-refractivity contribution in [1.29, 1.82) is 0 Å². The fourth-order valence-corrected chi connectivity index (χ4v) is 1.76. The van der Waals surface area contributed by atoms with Crippen LogP contribution in [0.2, 0.25) is 0 Å². The second kappa shape index (κ2) is 3.95. The maximum Gasteiger partial charge on any atom is 0.0931 e. The van der Waals surface area contributed by atoms with Gasteiger partial charge < -0.3 is 0 Å². The largest absolute Gasteiger partial charge is 0.282 e. The third kappa shape index (κ3) is 1.76. The molecular weight excluding hydrogens is 198 g/mol. The number of hydrogen-bond donors (Lipinski definition) is 1. The van der Waals surface area contributed by atoms with E-state index in [9.17, 15) is 0 Å². The topological polar surface area (TPSA) is 77.4 Å². The van der Waals surface area contributed by atoms with E-state index in [1.807, 2.05) is 22.9 Å². The van der Waals surface area contributed by atoms with Crippen molar-refractivity contribution in [3.05, 3.63) is 39.0 Å². The first-order valence-corrected chi connectivity index (χ1v) is 4.92. The van der Waals surface area contributed by atoms with Crippen LogP contribution in [0, 0.1) is 0 Å². The van der Waals surface area contributed by atoms with Crippen LogP contribution in [-0.4, -0.2) is 10.2 Å². The summed E-state index contributed by atoms with van der Waals surface area (Å²) in [5.74, 6) is 0. The lowest BCUT2D eigenvalue weighted by Gasteiger charge is -1.85. The molecule has 0 spiro atoms. The minimum absolute atomic E-state index is 0.313. The predicted octanol–water partition coefficient (Wildman–Crippen LogP) is 2.95. The Kier molecular flexibility index (Phi) is 2.48. The van der Waals surface area contributed by atoms with Gasteiger partial charge in [0.1, 0.15) is 0 Å². The van der Waals surface area contributed by atoms with E-state index in [1.165, 1.54) is 0 Å². The summed E-state index contributed by atoms with van der Waals surface area (Å²) in [4.78, 5) is 2.68. The van der Waals surface area contributed by atoms with Crippen molar-refractivity contribution in [3.63, 3.8) is 0 Å². The number of nitrogens with one attached hydrogen (secondary N) is 1. The molecule has 1 N–H and O–H groups in total. The molecule has 0 aliphatic carbocycles. The molecule has 0 unspecified atom stereocenters. The Morgan fingerprint density at radius 2 is 2.57 bits per heavy atom. The molecule has 14 heavy (non-hydrogen) atoms. The molecule has 6 heteroatoms. The Labute approximate surface area is 84.0 Å². The number of azide groups is 1. The number of thiophene rings is 1. The van der Waals surface area contributed by atoms with Gasteiger partial charge in [0, 0.05) is 21.5 Å². The third-order valence-electron chi connectivity index (χ3n) is 1.75. The molecule has 0 bridgehead atoms. The highest BCUT2D eigenvalue weighted by molar-refractivity contribution is 7.08. The van der Waals surface area contributed by atoms with Crippen molar-refractivity contribution >= 4 is 11.3 Å². The van der Waals surface area contributed by atoms with Crippen LogP contribution in [0.15, 0.2) is 28.0 Å². The van der Waals surface area contributed by atoms with Crippen molar-refractivity contribution in [3.8, 4) is 11.3 Å². The van der Waals surface area contributed by atoms with Crippen LogP contribution in [0.25, 0.3) is 21.7 Å². The first-order chi connectivity index (χ1) is 6.90. The maximum absolute atomic E-state index is 8.14. The highest BCUT2D eigenvalue weighted by atomic mass is 32.1. The Morgan fingerprint density at radius 3 is 3.29 bits per heavy atom. The van der Waals surface area contributed by atoms with E-state index in [0.29, 0.717) is 6.54 Å². The van der Waals surface area contributed by atoms with Crippen LogP contribution in [0.4, 0.5) is 0 Å². The minimum atomic E-state index is 0.313. The molecule has 2 aromatic rings. The normalized spacial score (nSPS) is 9.71. The standard InChI is InChI=1S/C8H7N5S/c9-13-10-4-7-3-8(12-11-7)6-1-2-14-5-6/h1-3,5H,4H2,(H,11,12). The SMILES string of the molecule is [N-]=[N+]=NCc1cc(-c2ccsc2)n[nH]1. The van der Waals surface area contributed by atoms with Crippen LogP contribution < -0.4 is 0 Å². The Balaban J connectivity index is 2.22. The highest BCUT2D eigenvalue weighted by Crippen LogP contribution is 2.20.